The summed E-state index contributed by atoms with van der Waals surface area (Å²) in [6.45, 7) is 0.938. The second-order valence-corrected chi connectivity index (χ2v) is 7.43. The highest BCUT2D eigenvalue weighted by atomic mass is 16.1. The molecule has 0 saturated heterocycles. The highest BCUT2D eigenvalue weighted by Crippen LogP contribution is 2.25. The molecule has 0 bridgehead atoms. The van der Waals surface area contributed by atoms with Crippen molar-refractivity contribution in [1.29, 1.82) is 0 Å². The zero-order chi connectivity index (χ0) is 22.1. The van der Waals surface area contributed by atoms with Crippen molar-refractivity contribution >= 4 is 22.5 Å². The van der Waals surface area contributed by atoms with E-state index in [0.717, 1.165) is 22.5 Å². The third-order valence-electron chi connectivity index (χ3n) is 5.48. The Morgan fingerprint density at radius 3 is 2.66 bits per heavy atom. The minimum Gasteiger partial charge on any atom is -0.388 e. The number of hydrogen-bond acceptors (Lipinski definition) is 7. The van der Waals surface area contributed by atoms with Gasteiger partial charge in [0.15, 0.2) is 11.5 Å². The lowest BCUT2D eigenvalue weighted by atomic mass is 10.2. The Morgan fingerprint density at radius 2 is 1.81 bits per heavy atom. The number of fused-ring (bicyclic) bond motifs is 3. The van der Waals surface area contributed by atoms with Crippen molar-refractivity contribution in [3.05, 3.63) is 82.8 Å². The van der Waals surface area contributed by atoms with Crippen molar-refractivity contribution in [1.82, 2.24) is 29.1 Å². The summed E-state index contributed by atoms with van der Waals surface area (Å²) in [5, 5.41) is 6.32. The normalized spacial score (nSPS) is 11.2. The van der Waals surface area contributed by atoms with E-state index in [9.17, 15) is 4.79 Å². The van der Waals surface area contributed by atoms with Crippen LogP contribution in [0.25, 0.3) is 22.7 Å². The number of benzene rings is 2. The predicted molar refractivity (Wildman–Crippen MR) is 124 cm³/mol. The molecule has 2 N–H and O–H groups in total. The van der Waals surface area contributed by atoms with Crippen LogP contribution < -0.4 is 16.3 Å². The maximum Gasteiger partial charge on any atom is 0.350 e. The minimum atomic E-state index is -0.357. The Labute approximate surface area is 184 Å². The molecule has 32 heavy (non-hydrogen) atoms. The Bertz CT molecular complexity index is 1440. The minimum absolute atomic E-state index is 0.357. The number of aromatic nitrogens is 6. The van der Waals surface area contributed by atoms with Gasteiger partial charge in [0.25, 0.3) is 0 Å². The molecule has 2 aliphatic heterocycles. The van der Waals surface area contributed by atoms with Crippen molar-refractivity contribution in [3.63, 3.8) is 0 Å². The predicted octanol–water partition coefficient (Wildman–Crippen LogP) is 2.67. The summed E-state index contributed by atoms with van der Waals surface area (Å²) in [5.41, 5.74) is 5.36. The molecule has 0 aliphatic carbocycles. The van der Waals surface area contributed by atoms with E-state index in [1.165, 1.54) is 6.33 Å². The Morgan fingerprint density at radius 1 is 0.938 bits per heavy atom. The molecule has 5 rings (SSSR count). The molecular weight excluding hydrogens is 404 g/mol. The molecule has 0 radical (unpaired) electrons. The van der Waals surface area contributed by atoms with Gasteiger partial charge in [0.2, 0.25) is 0 Å². The summed E-state index contributed by atoms with van der Waals surface area (Å²) in [7, 11) is 3.76. The number of nitrogens with one attached hydrogen (secondary N) is 2. The molecule has 0 unspecified atom stereocenters. The van der Waals surface area contributed by atoms with Crippen LogP contribution in [0.4, 0.5) is 11.4 Å². The van der Waals surface area contributed by atoms with Crippen molar-refractivity contribution in [2.45, 2.75) is 13.1 Å². The van der Waals surface area contributed by atoms with Gasteiger partial charge in [-0.2, -0.15) is 4.98 Å². The van der Waals surface area contributed by atoms with E-state index >= 15 is 0 Å². The average Bonchev–Trinajstić information content (AvgIpc) is 3.29. The van der Waals surface area contributed by atoms with Crippen LogP contribution in [0, 0.1) is 0 Å². The third kappa shape index (κ3) is 3.43. The van der Waals surface area contributed by atoms with Crippen molar-refractivity contribution in [3.8, 4) is 11.5 Å². The fourth-order valence-corrected chi connectivity index (χ4v) is 3.88. The Kier molecular flexibility index (Phi) is 4.98. The van der Waals surface area contributed by atoms with E-state index in [1.807, 2.05) is 61.1 Å². The van der Waals surface area contributed by atoms with E-state index in [0.29, 0.717) is 35.8 Å². The highest BCUT2D eigenvalue weighted by Gasteiger charge is 2.21. The number of anilines is 2. The molecule has 9 heteroatoms. The lowest BCUT2D eigenvalue weighted by molar-refractivity contribution is 0.758. The Balaban J connectivity index is 1.56. The molecule has 0 fully saturated rings. The average molecular weight is 426 g/mol. The number of imidazole rings is 2. The first kappa shape index (κ1) is 19.7. The van der Waals surface area contributed by atoms with Crippen LogP contribution in [0.3, 0.4) is 0 Å². The molecule has 2 aromatic carbocycles. The van der Waals surface area contributed by atoms with Crippen LogP contribution in [0.15, 0.2) is 66.0 Å². The van der Waals surface area contributed by atoms with Gasteiger partial charge in [0.05, 0.1) is 19.4 Å². The van der Waals surface area contributed by atoms with Gasteiger partial charge in [-0.25, -0.2) is 19.7 Å². The largest absolute Gasteiger partial charge is 0.388 e. The van der Waals surface area contributed by atoms with Gasteiger partial charge < -0.3 is 15.2 Å². The summed E-state index contributed by atoms with van der Waals surface area (Å²) in [6, 6.07) is 15.9. The van der Waals surface area contributed by atoms with Gasteiger partial charge in [-0.1, -0.05) is 30.3 Å². The van der Waals surface area contributed by atoms with Crippen LogP contribution in [0.2, 0.25) is 0 Å². The van der Waals surface area contributed by atoms with E-state index in [4.69, 9.17) is 0 Å². The summed E-state index contributed by atoms with van der Waals surface area (Å²) < 4.78 is 3.49. The molecule has 0 spiro atoms. The second kappa shape index (κ2) is 8.10. The van der Waals surface area contributed by atoms with Crippen LogP contribution in [0.1, 0.15) is 11.1 Å². The van der Waals surface area contributed by atoms with Crippen LogP contribution in [0.5, 0.6) is 0 Å². The van der Waals surface area contributed by atoms with Crippen LogP contribution in [-0.2, 0) is 13.1 Å². The Hall–Kier alpha value is -4.27. The van der Waals surface area contributed by atoms with Crippen molar-refractivity contribution in [2.24, 2.45) is 0 Å². The molecule has 0 atom stereocenters. The lowest BCUT2D eigenvalue weighted by Crippen LogP contribution is -2.17. The summed E-state index contributed by atoms with van der Waals surface area (Å²) >= 11 is 0. The SMILES string of the molecule is CNc1cccc(Cn2c3ncnc4c(ncn4Cc4ccccc4NC)c-3nc2=O)c1. The summed E-state index contributed by atoms with van der Waals surface area (Å²) in [4.78, 5) is 30.5. The van der Waals surface area contributed by atoms with Gasteiger partial charge in [0, 0.05) is 25.5 Å². The maximum atomic E-state index is 12.8. The fraction of sp³-hybridized carbons (Fsp3) is 0.174. The number of rotatable bonds is 6. The molecule has 160 valence electrons. The zero-order valence-corrected chi connectivity index (χ0v) is 17.8. The molecule has 2 aliphatic rings. The van der Waals surface area contributed by atoms with Gasteiger partial charge in [-0.3, -0.25) is 4.57 Å². The first-order chi connectivity index (χ1) is 15.7. The first-order valence-corrected chi connectivity index (χ1v) is 10.3. The van der Waals surface area contributed by atoms with Crippen LogP contribution >= 0.6 is 0 Å². The van der Waals surface area contributed by atoms with E-state index in [2.05, 4.69) is 36.6 Å². The molecule has 0 amide bonds. The third-order valence-corrected chi connectivity index (χ3v) is 5.48. The van der Waals surface area contributed by atoms with E-state index in [1.54, 1.807) is 10.9 Å². The van der Waals surface area contributed by atoms with Crippen molar-refractivity contribution < 1.29 is 0 Å². The molecule has 0 saturated carbocycles. The fourth-order valence-electron chi connectivity index (χ4n) is 3.88. The molecular formula is C23H22N8O. The summed E-state index contributed by atoms with van der Waals surface area (Å²) in [5.74, 6) is 0.466. The maximum absolute atomic E-state index is 12.8. The molecule has 9 nitrogen and oxygen atoms in total. The summed E-state index contributed by atoms with van der Waals surface area (Å²) in [6.07, 6.45) is 3.19. The van der Waals surface area contributed by atoms with Crippen LogP contribution in [-0.4, -0.2) is 43.2 Å². The van der Waals surface area contributed by atoms with E-state index < -0.39 is 0 Å². The van der Waals surface area contributed by atoms with Gasteiger partial charge in [-0.05, 0) is 29.3 Å². The standard InChI is InChI=1S/C23H22N8O/c1-24-17-8-5-6-15(10-17)11-31-22-20(29-23(31)32)19-21(26-13-27-22)30(14-28-19)12-16-7-3-4-9-18(16)25-2/h3-10,13-14,24-25H,11-12H2,1-2H3. The van der Waals surface area contributed by atoms with Gasteiger partial charge in [-0.15, -0.1) is 0 Å². The number of hydrogen-bond donors (Lipinski definition) is 2. The monoisotopic (exact) mass is 426 g/mol. The molecule has 3 heterocycles. The number of nitrogens with zero attached hydrogens (tertiary/aromatic N) is 6. The topological polar surface area (TPSA) is 103 Å². The van der Waals surface area contributed by atoms with Gasteiger partial charge in [0.1, 0.15) is 17.5 Å². The quantitative estimate of drug-likeness (QED) is 0.430. The van der Waals surface area contributed by atoms with Gasteiger partial charge >= 0.3 is 5.69 Å². The highest BCUT2D eigenvalue weighted by molar-refractivity contribution is 5.85. The van der Waals surface area contributed by atoms with E-state index in [-0.39, 0.29) is 5.69 Å². The second-order valence-electron chi connectivity index (χ2n) is 7.43. The molecule has 1 aromatic heterocycles. The van der Waals surface area contributed by atoms with Crippen molar-refractivity contribution in [2.75, 3.05) is 24.7 Å². The first-order valence-electron chi connectivity index (χ1n) is 10.3. The molecule has 3 aromatic rings. The smallest absolute Gasteiger partial charge is 0.350 e. The number of para-hydroxylation sites is 1. The lowest BCUT2D eigenvalue weighted by Gasteiger charge is -2.09. The zero-order valence-electron chi connectivity index (χ0n) is 17.8.